The van der Waals surface area contributed by atoms with E-state index < -0.39 is 23.5 Å². The van der Waals surface area contributed by atoms with E-state index in [-0.39, 0.29) is 0 Å². The number of pyridine rings is 2. The maximum Gasteiger partial charge on any atom is 0.416 e. The lowest BCUT2D eigenvalue weighted by atomic mass is 9.85. The SMILES string of the molecule is Cc1cc(-c2cccc(-c3cc(-c4ccccc4C)c(-c4cccc(-c5cc(C)cc(C(F)(F)F)c5)n4)cc3-c3ccccc3C)n2)cc(C(F)(F)F)c1. The third-order valence-electron chi connectivity index (χ3n) is 9.48. The van der Waals surface area contributed by atoms with Crippen LogP contribution in [-0.4, -0.2) is 9.97 Å². The molecule has 0 amide bonds. The second-order valence-electron chi connectivity index (χ2n) is 13.6. The lowest BCUT2D eigenvalue weighted by molar-refractivity contribution is -0.138. The fourth-order valence-corrected chi connectivity index (χ4v) is 6.90. The molecule has 0 saturated carbocycles. The third-order valence-corrected chi connectivity index (χ3v) is 9.48. The van der Waals surface area contributed by atoms with Gasteiger partial charge in [0.2, 0.25) is 0 Å². The summed E-state index contributed by atoms with van der Waals surface area (Å²) in [4.78, 5) is 9.94. The molecule has 2 nitrogen and oxygen atoms in total. The lowest BCUT2D eigenvalue weighted by Crippen LogP contribution is -2.05. The molecule has 2 aromatic heterocycles. The van der Waals surface area contributed by atoms with Crippen molar-refractivity contribution in [2.45, 2.75) is 40.0 Å². The van der Waals surface area contributed by atoms with E-state index >= 15 is 0 Å². The number of benzene rings is 5. The molecule has 0 unspecified atom stereocenters. The molecule has 0 atom stereocenters. The Morgan fingerprint density at radius 1 is 0.352 bits per heavy atom. The van der Waals surface area contributed by atoms with Gasteiger partial charge in [-0.3, -0.25) is 0 Å². The molecule has 7 rings (SSSR count). The monoisotopic (exact) mass is 728 g/mol. The molecule has 2 heterocycles. The second-order valence-corrected chi connectivity index (χ2v) is 13.6. The fraction of sp³-hybridized carbons (Fsp3) is 0.130. The molecule has 0 aliphatic rings. The summed E-state index contributed by atoms with van der Waals surface area (Å²) >= 11 is 0. The molecule has 0 saturated heterocycles. The van der Waals surface area contributed by atoms with Gasteiger partial charge in [-0.2, -0.15) is 26.3 Å². The lowest BCUT2D eigenvalue weighted by Gasteiger charge is -2.20. The van der Waals surface area contributed by atoms with Crippen LogP contribution in [0, 0.1) is 27.7 Å². The predicted molar refractivity (Wildman–Crippen MR) is 204 cm³/mol. The molecule has 0 aliphatic carbocycles. The zero-order valence-electron chi connectivity index (χ0n) is 29.9. The number of halogens is 6. The molecule has 8 heteroatoms. The van der Waals surface area contributed by atoms with Crippen molar-refractivity contribution in [2.75, 3.05) is 0 Å². The van der Waals surface area contributed by atoms with Gasteiger partial charge < -0.3 is 0 Å². The fourth-order valence-electron chi connectivity index (χ4n) is 6.90. The highest BCUT2D eigenvalue weighted by atomic mass is 19.4. The molecule has 5 aromatic carbocycles. The van der Waals surface area contributed by atoms with Gasteiger partial charge in [-0.1, -0.05) is 60.7 Å². The second kappa shape index (κ2) is 14.1. The largest absolute Gasteiger partial charge is 0.416 e. The van der Waals surface area contributed by atoms with Crippen molar-refractivity contribution in [3.05, 3.63) is 167 Å². The molecule has 0 aliphatic heterocycles. The van der Waals surface area contributed by atoms with E-state index in [2.05, 4.69) is 0 Å². The van der Waals surface area contributed by atoms with Crippen molar-refractivity contribution in [1.29, 1.82) is 0 Å². The molecule has 0 radical (unpaired) electrons. The zero-order valence-corrected chi connectivity index (χ0v) is 29.9. The number of alkyl halides is 6. The molecule has 7 aromatic rings. The first kappa shape index (κ1) is 36.3. The van der Waals surface area contributed by atoms with E-state index in [1.165, 1.54) is 0 Å². The van der Waals surface area contributed by atoms with Gasteiger partial charge in [-0.15, -0.1) is 0 Å². The normalized spacial score (nSPS) is 11.9. The van der Waals surface area contributed by atoms with Crippen LogP contribution in [0.25, 0.3) is 67.3 Å². The quantitative estimate of drug-likeness (QED) is 0.159. The van der Waals surface area contributed by atoms with Crippen LogP contribution in [0.2, 0.25) is 0 Å². The average molecular weight is 729 g/mol. The minimum absolute atomic E-state index is 0.350. The van der Waals surface area contributed by atoms with E-state index in [0.717, 1.165) is 68.8 Å². The first-order chi connectivity index (χ1) is 25.7. The van der Waals surface area contributed by atoms with Gasteiger partial charge in [0.15, 0.2) is 0 Å². The third kappa shape index (κ3) is 7.42. The summed E-state index contributed by atoms with van der Waals surface area (Å²) in [6, 6.07) is 38.4. The predicted octanol–water partition coefficient (Wildman–Crippen LogP) is 13.7. The Morgan fingerprint density at radius 3 is 1.09 bits per heavy atom. The van der Waals surface area contributed by atoms with Crippen LogP contribution in [0.3, 0.4) is 0 Å². The van der Waals surface area contributed by atoms with Crippen LogP contribution in [0.15, 0.2) is 133 Å². The molecule has 0 fully saturated rings. The molecular weight excluding hydrogens is 695 g/mol. The Morgan fingerprint density at radius 2 is 0.722 bits per heavy atom. The summed E-state index contributed by atoms with van der Waals surface area (Å²) in [5.74, 6) is 0. The summed E-state index contributed by atoms with van der Waals surface area (Å²) in [6.07, 6.45) is -9.03. The van der Waals surface area contributed by atoms with E-state index in [0.29, 0.717) is 45.0 Å². The van der Waals surface area contributed by atoms with Crippen molar-refractivity contribution in [1.82, 2.24) is 9.97 Å². The van der Waals surface area contributed by atoms with Crippen molar-refractivity contribution < 1.29 is 26.3 Å². The van der Waals surface area contributed by atoms with Crippen LogP contribution in [0.4, 0.5) is 26.3 Å². The summed E-state index contributed by atoms with van der Waals surface area (Å²) in [7, 11) is 0. The maximum absolute atomic E-state index is 13.8. The topological polar surface area (TPSA) is 25.8 Å². The minimum atomic E-state index is -4.51. The van der Waals surface area contributed by atoms with Crippen molar-refractivity contribution >= 4 is 0 Å². The summed E-state index contributed by atoms with van der Waals surface area (Å²) < 4.78 is 83.0. The Balaban J connectivity index is 1.49. The van der Waals surface area contributed by atoms with Gasteiger partial charge in [0.1, 0.15) is 0 Å². The molecule has 54 heavy (non-hydrogen) atoms. The van der Waals surface area contributed by atoms with E-state index in [9.17, 15) is 26.3 Å². The smallest absolute Gasteiger partial charge is 0.248 e. The van der Waals surface area contributed by atoms with Gasteiger partial charge in [-0.25, -0.2) is 9.97 Å². The maximum atomic E-state index is 13.8. The molecule has 270 valence electrons. The first-order valence-corrected chi connectivity index (χ1v) is 17.3. The molecular formula is C46H34F6N2. The Labute approximate surface area is 309 Å². The Kier molecular flexibility index (Phi) is 9.48. The van der Waals surface area contributed by atoms with Gasteiger partial charge in [-0.05, 0) is 145 Å². The molecule has 0 N–H and O–H groups in total. The van der Waals surface area contributed by atoms with Crippen LogP contribution in [0.1, 0.15) is 33.4 Å². The van der Waals surface area contributed by atoms with Crippen LogP contribution >= 0.6 is 0 Å². The van der Waals surface area contributed by atoms with E-state index in [1.54, 1.807) is 50.2 Å². The number of rotatable bonds is 6. The summed E-state index contributed by atoms with van der Waals surface area (Å²) in [5, 5.41) is 0. The van der Waals surface area contributed by atoms with Crippen molar-refractivity contribution in [3.8, 4) is 67.3 Å². The van der Waals surface area contributed by atoms with Crippen LogP contribution in [0.5, 0.6) is 0 Å². The number of hydrogen-bond donors (Lipinski definition) is 0. The highest BCUT2D eigenvalue weighted by Crippen LogP contribution is 2.44. The van der Waals surface area contributed by atoms with Gasteiger partial charge in [0.25, 0.3) is 0 Å². The molecule has 0 spiro atoms. The first-order valence-electron chi connectivity index (χ1n) is 17.3. The van der Waals surface area contributed by atoms with Gasteiger partial charge in [0.05, 0.1) is 33.9 Å². The number of nitrogens with zero attached hydrogens (tertiary/aromatic N) is 2. The Hall–Kier alpha value is -6.02. The molecule has 0 bridgehead atoms. The number of aromatic nitrogens is 2. The van der Waals surface area contributed by atoms with E-state index in [1.807, 2.05) is 86.6 Å². The number of aryl methyl sites for hydroxylation is 4. The summed E-state index contributed by atoms with van der Waals surface area (Å²) in [5.41, 5.74) is 8.98. The van der Waals surface area contributed by atoms with E-state index in [4.69, 9.17) is 9.97 Å². The zero-order chi connectivity index (χ0) is 38.4. The van der Waals surface area contributed by atoms with Crippen molar-refractivity contribution in [2.24, 2.45) is 0 Å². The Bertz CT molecular complexity index is 2350. The van der Waals surface area contributed by atoms with Crippen LogP contribution in [-0.2, 0) is 12.4 Å². The number of hydrogen-bond acceptors (Lipinski definition) is 2. The summed E-state index contributed by atoms with van der Waals surface area (Å²) in [6.45, 7) is 7.25. The van der Waals surface area contributed by atoms with Gasteiger partial charge in [0, 0.05) is 22.3 Å². The highest BCUT2D eigenvalue weighted by molar-refractivity contribution is 5.95. The van der Waals surface area contributed by atoms with Crippen LogP contribution < -0.4 is 0 Å². The average Bonchev–Trinajstić information content (AvgIpc) is 3.14. The van der Waals surface area contributed by atoms with Crippen molar-refractivity contribution in [3.63, 3.8) is 0 Å². The van der Waals surface area contributed by atoms with Gasteiger partial charge >= 0.3 is 12.4 Å². The highest BCUT2D eigenvalue weighted by Gasteiger charge is 2.32. The minimum Gasteiger partial charge on any atom is -0.248 e. The standard InChI is InChI=1S/C46H34F6N2/c1-27-19-31(23-33(21-27)45(47,48)49)41-15-9-17-43(53-41)39-25-38(36-14-8-6-12-30(36)4)40(26-37(39)35-13-7-5-11-29(35)3)44-18-10-16-42(54-44)32-20-28(2)22-34(24-32)46(50,51)52/h5-26H,1-4H3.